The second kappa shape index (κ2) is 12.4. The number of pyridine rings is 1. The molecule has 189 valence electrons. The van der Waals surface area contributed by atoms with Crippen molar-refractivity contribution in [3.63, 3.8) is 0 Å². The minimum Gasteiger partial charge on any atom is -0.512 e. The fourth-order valence-electron chi connectivity index (χ4n) is 4.14. The fraction of sp³-hybridized carbons (Fsp3) is 0.125. The Balaban J connectivity index is 0.000000422. The summed E-state index contributed by atoms with van der Waals surface area (Å²) in [4.78, 5) is 14.7. The van der Waals surface area contributed by atoms with Crippen molar-refractivity contribution in [2.24, 2.45) is 0 Å². The van der Waals surface area contributed by atoms with Gasteiger partial charge in [0.2, 0.25) is 0 Å². The largest absolute Gasteiger partial charge is 0.512 e. The van der Waals surface area contributed by atoms with Crippen molar-refractivity contribution in [1.29, 1.82) is 0 Å². The van der Waals surface area contributed by atoms with Gasteiger partial charge in [0.25, 0.3) is 0 Å². The van der Waals surface area contributed by atoms with Crippen molar-refractivity contribution in [2.75, 3.05) is 0 Å². The van der Waals surface area contributed by atoms with E-state index < -0.39 is 0 Å². The van der Waals surface area contributed by atoms with Gasteiger partial charge < -0.3 is 14.5 Å². The Morgan fingerprint density at radius 3 is 2.24 bits per heavy atom. The quantitative estimate of drug-likeness (QED) is 0.119. The predicted octanol–water partition coefficient (Wildman–Crippen LogP) is 8.28. The van der Waals surface area contributed by atoms with Crippen molar-refractivity contribution in [2.45, 2.75) is 27.7 Å². The molecule has 0 aliphatic rings. The second-order valence-electron chi connectivity index (χ2n) is 8.74. The molecular formula is C32H28IrNO3-. The first-order valence-corrected chi connectivity index (χ1v) is 11.7. The van der Waals surface area contributed by atoms with Crippen LogP contribution in [0.15, 0.2) is 101 Å². The van der Waals surface area contributed by atoms with E-state index in [2.05, 4.69) is 91.6 Å². The number of carbonyl (C=O) groups excluding carboxylic acids is 1. The van der Waals surface area contributed by atoms with E-state index in [1.807, 2.05) is 18.3 Å². The molecule has 0 amide bonds. The van der Waals surface area contributed by atoms with Gasteiger partial charge >= 0.3 is 0 Å². The zero-order valence-electron chi connectivity index (χ0n) is 21.2. The molecule has 0 aliphatic carbocycles. The summed E-state index contributed by atoms with van der Waals surface area (Å²) in [6.45, 7) is 7.08. The van der Waals surface area contributed by atoms with Crippen LogP contribution in [0, 0.1) is 19.9 Å². The summed E-state index contributed by atoms with van der Waals surface area (Å²) < 4.78 is 6.13. The Kier molecular flexibility index (Phi) is 9.35. The Morgan fingerprint density at radius 1 is 0.919 bits per heavy atom. The first kappa shape index (κ1) is 27.8. The molecule has 4 nitrogen and oxygen atoms in total. The van der Waals surface area contributed by atoms with Gasteiger partial charge in [-0.05, 0) is 56.1 Å². The van der Waals surface area contributed by atoms with Gasteiger partial charge in [-0.3, -0.25) is 4.79 Å². The molecule has 37 heavy (non-hydrogen) atoms. The van der Waals surface area contributed by atoms with Crippen LogP contribution in [0.1, 0.15) is 25.0 Å². The monoisotopic (exact) mass is 667 g/mol. The van der Waals surface area contributed by atoms with Gasteiger partial charge in [-0.2, -0.15) is 0 Å². The number of allylic oxidation sites excluding steroid dienone is 2. The van der Waals surface area contributed by atoms with Gasteiger partial charge in [-0.15, -0.1) is 35.4 Å². The van der Waals surface area contributed by atoms with E-state index in [4.69, 9.17) is 9.52 Å². The zero-order chi connectivity index (χ0) is 25.7. The fourth-order valence-corrected chi connectivity index (χ4v) is 4.14. The van der Waals surface area contributed by atoms with Crippen LogP contribution in [-0.4, -0.2) is 15.9 Å². The molecule has 2 heterocycles. The zero-order valence-corrected chi connectivity index (χ0v) is 23.6. The third-order valence-corrected chi connectivity index (χ3v) is 5.73. The van der Waals surface area contributed by atoms with Gasteiger partial charge in [-0.1, -0.05) is 54.6 Å². The molecule has 0 fully saturated rings. The Labute approximate surface area is 231 Å². The van der Waals surface area contributed by atoms with E-state index >= 15 is 0 Å². The van der Waals surface area contributed by atoms with E-state index in [-0.39, 0.29) is 31.6 Å². The van der Waals surface area contributed by atoms with Crippen LogP contribution in [0.3, 0.4) is 0 Å². The van der Waals surface area contributed by atoms with Crippen LogP contribution in [0.4, 0.5) is 0 Å². The minimum atomic E-state index is -0.125. The molecule has 5 aromatic rings. The maximum Gasteiger partial charge on any atom is 0.155 e. The first-order valence-electron chi connectivity index (χ1n) is 11.7. The molecule has 2 aromatic heterocycles. The van der Waals surface area contributed by atoms with Gasteiger partial charge in [0.1, 0.15) is 5.76 Å². The van der Waals surface area contributed by atoms with Crippen molar-refractivity contribution < 1.29 is 34.4 Å². The number of nitrogens with zero attached hydrogens (tertiary/aromatic N) is 1. The Hall–Kier alpha value is -3.79. The van der Waals surface area contributed by atoms with E-state index in [0.29, 0.717) is 0 Å². The molecule has 0 atom stereocenters. The number of hydrogen-bond acceptors (Lipinski definition) is 4. The summed E-state index contributed by atoms with van der Waals surface area (Å²) in [5.41, 5.74) is 8.58. The van der Waals surface area contributed by atoms with E-state index in [9.17, 15) is 4.79 Å². The molecule has 5 heteroatoms. The summed E-state index contributed by atoms with van der Waals surface area (Å²) in [5, 5.41) is 9.41. The Bertz CT molecular complexity index is 1530. The molecule has 0 bridgehead atoms. The molecule has 5 rings (SSSR count). The molecule has 0 saturated carbocycles. The van der Waals surface area contributed by atoms with Crippen LogP contribution < -0.4 is 0 Å². The molecule has 3 aromatic carbocycles. The predicted molar refractivity (Wildman–Crippen MR) is 146 cm³/mol. The van der Waals surface area contributed by atoms with Crippen LogP contribution >= 0.6 is 0 Å². The van der Waals surface area contributed by atoms with E-state index in [0.717, 1.165) is 39.1 Å². The summed E-state index contributed by atoms with van der Waals surface area (Å²) in [6.07, 6.45) is 2.98. The van der Waals surface area contributed by atoms with Crippen molar-refractivity contribution in [1.82, 2.24) is 4.98 Å². The van der Waals surface area contributed by atoms with Crippen molar-refractivity contribution in [3.05, 3.63) is 114 Å². The number of aryl methyl sites for hydroxylation is 2. The smallest absolute Gasteiger partial charge is 0.155 e. The second-order valence-corrected chi connectivity index (χ2v) is 8.74. The normalized spacial score (nSPS) is 10.9. The van der Waals surface area contributed by atoms with Crippen LogP contribution in [0.2, 0.25) is 0 Å². The number of ketones is 1. The van der Waals surface area contributed by atoms with Crippen LogP contribution in [0.5, 0.6) is 0 Å². The summed E-state index contributed by atoms with van der Waals surface area (Å²) in [5.74, 6) is 0.823. The van der Waals surface area contributed by atoms with Gasteiger partial charge in [0, 0.05) is 37.1 Å². The average Bonchev–Trinajstić information content (AvgIpc) is 3.27. The number of carbonyl (C=O) groups is 1. The number of fused-ring (bicyclic) bond motifs is 1. The SMILES string of the molecule is CC(=O)/C=C(/C)O.Cc1cccc(C)c1-c1cc2cc(-c3[c-]ccc(-c4ccccc4)c3)ncc2o1.[Ir]. The van der Waals surface area contributed by atoms with Crippen molar-refractivity contribution >= 4 is 16.8 Å². The summed E-state index contributed by atoms with van der Waals surface area (Å²) in [6, 6.07) is 30.3. The maximum absolute atomic E-state index is 10.0. The summed E-state index contributed by atoms with van der Waals surface area (Å²) in [7, 11) is 0. The van der Waals surface area contributed by atoms with Gasteiger partial charge in [0.05, 0.1) is 12.0 Å². The number of rotatable bonds is 4. The maximum atomic E-state index is 10.0. The van der Waals surface area contributed by atoms with Crippen molar-refractivity contribution in [3.8, 4) is 33.7 Å². The average molecular weight is 667 g/mol. The Morgan fingerprint density at radius 2 is 1.62 bits per heavy atom. The molecule has 0 aliphatic heterocycles. The number of benzene rings is 3. The minimum absolute atomic E-state index is 0. The van der Waals surface area contributed by atoms with E-state index in [1.54, 1.807) is 0 Å². The molecule has 1 N–H and O–H groups in total. The molecule has 1 radical (unpaired) electrons. The standard InChI is InChI=1S/C27H20NO.C5H8O2.Ir/c1-18-8-6-9-19(2)27(18)25-16-23-15-24(28-17-26(23)29-25)22-13-7-12-21(14-22)20-10-4-3-5-11-20;1-4(6)3-5(2)7;/h3-12,14-17H,1-2H3;3,6H,1-2H3;/q-1;;/b;4-3-;. The topological polar surface area (TPSA) is 63.3 Å². The number of aliphatic hydroxyl groups is 1. The van der Waals surface area contributed by atoms with Crippen LogP contribution in [0.25, 0.3) is 44.7 Å². The number of aromatic nitrogens is 1. The number of hydrogen-bond donors (Lipinski definition) is 1. The van der Waals surface area contributed by atoms with Gasteiger partial charge in [0.15, 0.2) is 11.4 Å². The molecule has 0 unspecified atom stereocenters. The van der Waals surface area contributed by atoms with Gasteiger partial charge in [-0.25, -0.2) is 0 Å². The van der Waals surface area contributed by atoms with E-state index in [1.165, 1.54) is 36.6 Å². The number of furan rings is 1. The molecular weight excluding hydrogens is 639 g/mol. The third kappa shape index (κ3) is 6.91. The third-order valence-electron chi connectivity index (χ3n) is 5.73. The van der Waals surface area contributed by atoms with Crippen LogP contribution in [-0.2, 0) is 24.9 Å². The summed E-state index contributed by atoms with van der Waals surface area (Å²) >= 11 is 0. The first-order chi connectivity index (χ1) is 17.3. The molecule has 0 saturated heterocycles. The molecule has 0 spiro atoms. The number of aliphatic hydroxyl groups excluding tert-OH is 1.